The summed E-state index contributed by atoms with van der Waals surface area (Å²) in [6, 6.07) is 7.05. The largest absolute Gasteiger partial charge is 0.362 e. The molecule has 1 aromatic carbocycles. The van der Waals surface area contributed by atoms with Crippen molar-refractivity contribution in [3.8, 4) is 0 Å². The molecule has 3 rings (SSSR count). The Labute approximate surface area is 223 Å². The van der Waals surface area contributed by atoms with Gasteiger partial charge in [-0.05, 0) is 61.8 Å². The van der Waals surface area contributed by atoms with Crippen LogP contribution >= 0.6 is 11.8 Å². The van der Waals surface area contributed by atoms with Crippen LogP contribution in [0.3, 0.4) is 0 Å². The van der Waals surface area contributed by atoms with Gasteiger partial charge < -0.3 is 4.90 Å². The van der Waals surface area contributed by atoms with Crippen molar-refractivity contribution in [3.05, 3.63) is 72.0 Å². The van der Waals surface area contributed by atoms with E-state index in [4.69, 9.17) is 0 Å². The molecule has 0 aromatic heterocycles. The molecule has 0 radical (unpaired) electrons. The summed E-state index contributed by atoms with van der Waals surface area (Å²) < 4.78 is 0. The van der Waals surface area contributed by atoms with Crippen molar-refractivity contribution in [2.45, 2.75) is 112 Å². The molecule has 2 aliphatic rings. The van der Waals surface area contributed by atoms with Gasteiger partial charge in [0.1, 0.15) is 0 Å². The molecule has 1 unspecified atom stereocenters. The number of allylic oxidation sites excluding steroid dienone is 4. The Morgan fingerprint density at radius 1 is 1.14 bits per heavy atom. The van der Waals surface area contributed by atoms with Crippen LogP contribution in [0.25, 0.3) is 5.57 Å². The fourth-order valence-electron chi connectivity index (χ4n) is 4.51. The molecule has 198 valence electrons. The molecule has 0 N–H and O–H groups in total. The van der Waals surface area contributed by atoms with E-state index >= 15 is 0 Å². The highest BCUT2D eigenvalue weighted by Gasteiger charge is 2.51. The lowest BCUT2D eigenvalue weighted by Crippen LogP contribution is -2.17. The Bertz CT molecular complexity index is 830. The summed E-state index contributed by atoms with van der Waals surface area (Å²) in [5.74, 6) is 1.60. The summed E-state index contributed by atoms with van der Waals surface area (Å²) in [6.45, 7) is 30.7. The molecule has 0 amide bonds. The van der Waals surface area contributed by atoms with Gasteiger partial charge in [-0.15, -0.1) is 18.3 Å². The Morgan fingerprint density at radius 2 is 1.77 bits per heavy atom. The molecule has 0 saturated carbocycles. The first kappa shape index (κ1) is 33.3. The highest BCUT2D eigenvalue weighted by molar-refractivity contribution is 7.99. The van der Waals surface area contributed by atoms with Gasteiger partial charge in [0, 0.05) is 28.5 Å². The fourth-order valence-corrected chi connectivity index (χ4v) is 5.35. The van der Waals surface area contributed by atoms with Crippen LogP contribution in [0.15, 0.2) is 65.8 Å². The van der Waals surface area contributed by atoms with Gasteiger partial charge in [-0.25, -0.2) is 0 Å². The molecule has 1 aliphatic carbocycles. The van der Waals surface area contributed by atoms with Gasteiger partial charge in [0.25, 0.3) is 0 Å². The van der Waals surface area contributed by atoms with E-state index in [2.05, 4.69) is 90.0 Å². The van der Waals surface area contributed by atoms with E-state index < -0.39 is 0 Å². The van der Waals surface area contributed by atoms with Gasteiger partial charge in [0.05, 0.1) is 5.54 Å². The number of hydrogen-bond donors (Lipinski definition) is 0. The van der Waals surface area contributed by atoms with Crippen LogP contribution in [-0.2, 0) is 6.42 Å². The molecule has 0 spiro atoms. The average molecular weight is 498 g/mol. The van der Waals surface area contributed by atoms with Gasteiger partial charge in [-0.1, -0.05) is 105 Å². The van der Waals surface area contributed by atoms with E-state index in [0.717, 1.165) is 18.6 Å². The fraction of sp³-hybridized carbons (Fsp3) is 0.576. The van der Waals surface area contributed by atoms with Gasteiger partial charge in [-0.3, -0.25) is 0 Å². The van der Waals surface area contributed by atoms with E-state index in [1.54, 1.807) is 5.57 Å². The lowest BCUT2D eigenvalue weighted by molar-refractivity contribution is 0.433. The third-order valence-electron chi connectivity index (χ3n) is 6.53. The molecule has 1 nitrogen and oxygen atoms in total. The molecule has 1 saturated heterocycles. The molecule has 35 heavy (non-hydrogen) atoms. The lowest BCUT2D eigenvalue weighted by Gasteiger charge is -2.21. The van der Waals surface area contributed by atoms with Crippen molar-refractivity contribution < 1.29 is 0 Å². The van der Waals surface area contributed by atoms with Crippen LogP contribution in [-0.4, -0.2) is 22.7 Å². The van der Waals surface area contributed by atoms with Crippen LogP contribution in [0.5, 0.6) is 0 Å². The number of hydrogen-bond acceptors (Lipinski definition) is 2. The highest BCUT2D eigenvalue weighted by atomic mass is 32.2. The van der Waals surface area contributed by atoms with Crippen molar-refractivity contribution in [2.24, 2.45) is 5.92 Å². The van der Waals surface area contributed by atoms with E-state index in [9.17, 15) is 0 Å². The first-order chi connectivity index (χ1) is 16.9. The molecule has 2 heteroatoms. The van der Waals surface area contributed by atoms with Crippen molar-refractivity contribution in [2.75, 3.05) is 12.3 Å². The summed E-state index contributed by atoms with van der Waals surface area (Å²) >= 11 is 1.92. The average Bonchev–Trinajstić information content (AvgIpc) is 3.48. The summed E-state index contributed by atoms with van der Waals surface area (Å²) in [6.07, 6.45) is 12.1. The SMILES string of the molecule is C=C(C1=C(C(C)C)Cc2ccc(SC/C=C/C)cc21)N1CC1(CC)CCC.C=CCC.CC.CC. The number of benzene rings is 1. The Kier molecular flexibility index (Phi) is 16.9. The monoisotopic (exact) mass is 497 g/mol. The quantitative estimate of drug-likeness (QED) is 0.179. The second-order valence-electron chi connectivity index (χ2n) is 8.99. The molecule has 1 aromatic rings. The Hall–Kier alpha value is -1.67. The van der Waals surface area contributed by atoms with E-state index in [1.165, 1.54) is 53.1 Å². The van der Waals surface area contributed by atoms with Gasteiger partial charge in [0.2, 0.25) is 0 Å². The van der Waals surface area contributed by atoms with Gasteiger partial charge in [-0.2, -0.15) is 0 Å². The maximum Gasteiger partial charge on any atom is 0.0575 e. The van der Waals surface area contributed by atoms with Crippen LogP contribution in [0.4, 0.5) is 0 Å². The summed E-state index contributed by atoms with van der Waals surface area (Å²) in [5.41, 5.74) is 7.55. The standard InChI is InChI=1S/C25H35NS.C4H8.2C2H6/c1-7-10-14-27-21-12-11-20-15-22(18(4)5)24(23(20)16-21)19(6)26-17-25(26,9-3)13-8-2;1-3-4-2;2*1-2/h7,10-12,16,18H,6,8-9,13-15,17H2,1-5H3;3H,1,4H2,2H3;2*1-2H3/b10-7+;;;. The molecular weight excluding hydrogens is 442 g/mol. The summed E-state index contributed by atoms with van der Waals surface area (Å²) in [4.78, 5) is 3.95. The number of fused-ring (bicyclic) bond motifs is 1. The number of rotatable bonds is 10. The molecule has 0 bridgehead atoms. The van der Waals surface area contributed by atoms with E-state index in [-0.39, 0.29) is 0 Å². The first-order valence-corrected chi connectivity index (χ1v) is 15.1. The van der Waals surface area contributed by atoms with Crippen LogP contribution in [0, 0.1) is 5.92 Å². The zero-order valence-corrected chi connectivity index (χ0v) is 25.6. The molecule has 1 atom stereocenters. The zero-order chi connectivity index (χ0) is 27.0. The van der Waals surface area contributed by atoms with Crippen molar-refractivity contribution >= 4 is 17.3 Å². The Morgan fingerprint density at radius 3 is 2.26 bits per heavy atom. The van der Waals surface area contributed by atoms with Crippen molar-refractivity contribution in [1.82, 2.24) is 4.90 Å². The minimum atomic E-state index is 0.363. The van der Waals surface area contributed by atoms with Crippen molar-refractivity contribution in [1.29, 1.82) is 0 Å². The predicted octanol–water partition coefficient (Wildman–Crippen LogP) is 10.7. The normalized spacial score (nSPS) is 17.6. The molecule has 1 aliphatic heterocycles. The molecule has 1 fully saturated rings. The van der Waals surface area contributed by atoms with E-state index in [1.807, 2.05) is 45.5 Å². The lowest BCUT2D eigenvalue weighted by atomic mass is 9.95. The first-order valence-electron chi connectivity index (χ1n) is 14.1. The second kappa shape index (κ2) is 17.7. The number of thioether (sulfide) groups is 1. The summed E-state index contributed by atoms with van der Waals surface area (Å²) in [5, 5.41) is 0. The maximum atomic E-state index is 4.61. The van der Waals surface area contributed by atoms with E-state index in [0.29, 0.717) is 11.5 Å². The predicted molar refractivity (Wildman–Crippen MR) is 164 cm³/mol. The van der Waals surface area contributed by atoms with Gasteiger partial charge in [0.15, 0.2) is 0 Å². The topological polar surface area (TPSA) is 3.01 Å². The number of nitrogens with zero attached hydrogens (tertiary/aromatic N) is 1. The third kappa shape index (κ3) is 9.05. The van der Waals surface area contributed by atoms with Crippen LogP contribution in [0.2, 0.25) is 0 Å². The second-order valence-corrected chi connectivity index (χ2v) is 10.1. The third-order valence-corrected chi connectivity index (χ3v) is 7.48. The summed E-state index contributed by atoms with van der Waals surface area (Å²) in [7, 11) is 0. The van der Waals surface area contributed by atoms with Crippen LogP contribution < -0.4 is 0 Å². The molecule has 1 heterocycles. The minimum Gasteiger partial charge on any atom is -0.362 e. The van der Waals surface area contributed by atoms with Gasteiger partial charge >= 0.3 is 0 Å². The Balaban J connectivity index is 0.00000129. The zero-order valence-electron chi connectivity index (χ0n) is 24.8. The molecular formula is C33H55NS. The maximum absolute atomic E-state index is 4.61. The highest BCUT2D eigenvalue weighted by Crippen LogP contribution is 2.50. The van der Waals surface area contributed by atoms with Crippen LogP contribution in [0.1, 0.15) is 106 Å². The van der Waals surface area contributed by atoms with Crippen molar-refractivity contribution in [3.63, 3.8) is 0 Å². The smallest absolute Gasteiger partial charge is 0.0575 e. The minimum absolute atomic E-state index is 0.363.